The predicted octanol–water partition coefficient (Wildman–Crippen LogP) is 2.05. The zero-order valence-corrected chi connectivity index (χ0v) is 12.5. The second-order valence-corrected chi connectivity index (χ2v) is 5.99. The van der Waals surface area contributed by atoms with Crippen molar-refractivity contribution in [1.29, 1.82) is 0 Å². The Bertz CT molecular complexity index is 688. The fraction of sp³-hybridized carbons (Fsp3) is 0.400. The number of hydrogen-bond acceptors (Lipinski definition) is 3. The molecule has 0 radical (unpaired) electrons. The molecule has 3 rings (SSSR count). The van der Waals surface area contributed by atoms with Crippen LogP contribution in [0.15, 0.2) is 30.6 Å². The van der Waals surface area contributed by atoms with Gasteiger partial charge in [-0.3, -0.25) is 4.79 Å². The molecule has 0 saturated heterocycles. The highest BCUT2D eigenvalue weighted by atomic mass is 32.1. The molecule has 0 spiro atoms. The van der Waals surface area contributed by atoms with Crippen molar-refractivity contribution in [3.8, 4) is 0 Å². The van der Waals surface area contributed by atoms with Gasteiger partial charge in [0.1, 0.15) is 0 Å². The third kappa shape index (κ3) is 2.51. The fourth-order valence-corrected chi connectivity index (χ4v) is 3.24. The van der Waals surface area contributed by atoms with Crippen molar-refractivity contribution in [3.63, 3.8) is 0 Å². The van der Waals surface area contributed by atoms with E-state index in [1.54, 1.807) is 10.7 Å². The SMILES string of the molecule is NC(=S)C1(NC(=O)c2cnn3ccccc23)CCCCC1. The van der Waals surface area contributed by atoms with Crippen LogP contribution in [-0.4, -0.2) is 26.0 Å². The molecular weight excluding hydrogens is 284 g/mol. The summed E-state index contributed by atoms with van der Waals surface area (Å²) < 4.78 is 1.68. The van der Waals surface area contributed by atoms with Gasteiger partial charge in [-0.1, -0.05) is 37.5 Å². The number of aromatic nitrogens is 2. The van der Waals surface area contributed by atoms with Crippen LogP contribution in [-0.2, 0) is 0 Å². The van der Waals surface area contributed by atoms with Crippen molar-refractivity contribution in [2.75, 3.05) is 0 Å². The van der Waals surface area contributed by atoms with E-state index in [0.29, 0.717) is 10.6 Å². The zero-order chi connectivity index (χ0) is 14.9. The van der Waals surface area contributed by atoms with Gasteiger partial charge in [0.15, 0.2) is 0 Å². The highest BCUT2D eigenvalue weighted by molar-refractivity contribution is 7.80. The quantitative estimate of drug-likeness (QED) is 0.851. The smallest absolute Gasteiger partial charge is 0.255 e. The Labute approximate surface area is 128 Å². The molecular formula is C15H18N4OS. The molecule has 0 bridgehead atoms. The number of thiocarbonyl (C=S) groups is 1. The summed E-state index contributed by atoms with van der Waals surface area (Å²) in [6.45, 7) is 0. The first-order valence-electron chi connectivity index (χ1n) is 7.17. The van der Waals surface area contributed by atoms with Crippen LogP contribution in [0, 0.1) is 0 Å². The van der Waals surface area contributed by atoms with E-state index in [4.69, 9.17) is 18.0 Å². The van der Waals surface area contributed by atoms with Crippen LogP contribution in [0.25, 0.3) is 5.52 Å². The minimum atomic E-state index is -0.548. The third-order valence-corrected chi connectivity index (χ3v) is 4.59. The summed E-state index contributed by atoms with van der Waals surface area (Å²) in [5.74, 6) is -0.161. The molecule has 0 unspecified atom stereocenters. The first kappa shape index (κ1) is 14.0. The standard InChI is InChI=1S/C15H18N4OS/c16-14(21)15(7-3-1-4-8-15)18-13(20)11-10-17-19-9-5-2-6-12(11)19/h2,5-6,9-10H,1,3-4,7-8H2,(H2,16,21)(H,18,20). The average molecular weight is 302 g/mol. The lowest BCUT2D eigenvalue weighted by atomic mass is 9.81. The average Bonchev–Trinajstić information content (AvgIpc) is 2.92. The van der Waals surface area contributed by atoms with Gasteiger partial charge in [-0.25, -0.2) is 4.52 Å². The summed E-state index contributed by atoms with van der Waals surface area (Å²) in [5.41, 5.74) is 6.70. The highest BCUT2D eigenvalue weighted by Gasteiger charge is 2.37. The fourth-order valence-electron chi connectivity index (χ4n) is 2.98. The van der Waals surface area contributed by atoms with E-state index in [1.165, 1.54) is 0 Å². The number of nitrogens with zero attached hydrogens (tertiary/aromatic N) is 2. The van der Waals surface area contributed by atoms with Gasteiger partial charge in [0.2, 0.25) is 0 Å². The Morgan fingerprint density at radius 3 is 2.81 bits per heavy atom. The lowest BCUT2D eigenvalue weighted by Crippen LogP contribution is -2.57. The molecule has 1 saturated carbocycles. The van der Waals surface area contributed by atoms with Gasteiger partial charge in [0.25, 0.3) is 5.91 Å². The maximum atomic E-state index is 12.6. The van der Waals surface area contributed by atoms with Gasteiger partial charge < -0.3 is 11.1 Å². The molecule has 1 aliphatic rings. The highest BCUT2D eigenvalue weighted by Crippen LogP contribution is 2.29. The Kier molecular flexibility index (Phi) is 3.63. The Morgan fingerprint density at radius 1 is 1.33 bits per heavy atom. The van der Waals surface area contributed by atoms with Gasteiger partial charge in [-0.05, 0) is 25.0 Å². The van der Waals surface area contributed by atoms with Gasteiger partial charge >= 0.3 is 0 Å². The van der Waals surface area contributed by atoms with Crippen molar-refractivity contribution in [2.45, 2.75) is 37.6 Å². The van der Waals surface area contributed by atoms with Gasteiger partial charge in [-0.2, -0.15) is 5.10 Å². The van der Waals surface area contributed by atoms with E-state index >= 15 is 0 Å². The number of pyridine rings is 1. The second-order valence-electron chi connectivity index (χ2n) is 5.55. The Balaban J connectivity index is 1.89. The largest absolute Gasteiger partial charge is 0.391 e. The Morgan fingerprint density at radius 2 is 2.10 bits per heavy atom. The first-order valence-corrected chi connectivity index (χ1v) is 7.58. The first-order chi connectivity index (χ1) is 10.1. The molecule has 3 N–H and O–H groups in total. The molecule has 1 fully saturated rings. The number of carbonyl (C=O) groups excluding carboxylic acids is 1. The maximum absolute atomic E-state index is 12.6. The summed E-state index contributed by atoms with van der Waals surface area (Å²) in [6, 6.07) is 5.63. The molecule has 0 aliphatic heterocycles. The lowest BCUT2D eigenvalue weighted by molar-refractivity contribution is 0.0910. The van der Waals surface area contributed by atoms with E-state index in [2.05, 4.69) is 10.4 Å². The molecule has 2 aromatic heterocycles. The zero-order valence-electron chi connectivity index (χ0n) is 11.7. The number of nitrogens with two attached hydrogens (primary N) is 1. The number of fused-ring (bicyclic) bond motifs is 1. The number of rotatable bonds is 3. The molecule has 1 aliphatic carbocycles. The topological polar surface area (TPSA) is 72.4 Å². The number of amides is 1. The lowest BCUT2D eigenvalue weighted by Gasteiger charge is -2.37. The van der Waals surface area contributed by atoms with Crippen LogP contribution in [0.5, 0.6) is 0 Å². The van der Waals surface area contributed by atoms with Gasteiger partial charge in [0.05, 0.1) is 27.8 Å². The molecule has 5 nitrogen and oxygen atoms in total. The van der Waals surface area contributed by atoms with Crippen LogP contribution < -0.4 is 11.1 Å². The predicted molar refractivity (Wildman–Crippen MR) is 85.3 cm³/mol. The van der Waals surface area contributed by atoms with E-state index in [0.717, 1.165) is 37.6 Å². The van der Waals surface area contributed by atoms with E-state index in [9.17, 15) is 4.79 Å². The maximum Gasteiger partial charge on any atom is 0.255 e. The molecule has 2 heterocycles. The molecule has 0 aromatic carbocycles. The van der Waals surface area contributed by atoms with Crippen LogP contribution in [0.1, 0.15) is 42.5 Å². The molecule has 0 atom stereocenters. The van der Waals surface area contributed by atoms with Crippen molar-refractivity contribution in [3.05, 3.63) is 36.2 Å². The van der Waals surface area contributed by atoms with Crippen molar-refractivity contribution in [2.24, 2.45) is 5.73 Å². The minimum Gasteiger partial charge on any atom is -0.391 e. The van der Waals surface area contributed by atoms with Crippen molar-refractivity contribution < 1.29 is 4.79 Å². The van der Waals surface area contributed by atoms with E-state index in [1.807, 2.05) is 24.4 Å². The number of carbonyl (C=O) groups is 1. The van der Waals surface area contributed by atoms with Crippen LogP contribution in [0.3, 0.4) is 0 Å². The van der Waals surface area contributed by atoms with Crippen LogP contribution in [0.4, 0.5) is 0 Å². The normalized spacial score (nSPS) is 17.5. The summed E-state index contributed by atoms with van der Waals surface area (Å²) >= 11 is 5.21. The van der Waals surface area contributed by atoms with Gasteiger partial charge in [0, 0.05) is 6.20 Å². The molecule has 1 amide bonds. The summed E-state index contributed by atoms with van der Waals surface area (Å²) in [5, 5.41) is 7.26. The third-order valence-electron chi connectivity index (χ3n) is 4.20. The molecule has 2 aromatic rings. The Hall–Kier alpha value is -1.95. The number of hydrogen-bond donors (Lipinski definition) is 2. The molecule has 21 heavy (non-hydrogen) atoms. The van der Waals surface area contributed by atoms with Crippen LogP contribution >= 0.6 is 12.2 Å². The van der Waals surface area contributed by atoms with E-state index < -0.39 is 5.54 Å². The monoisotopic (exact) mass is 302 g/mol. The van der Waals surface area contributed by atoms with Crippen molar-refractivity contribution >= 4 is 28.6 Å². The second kappa shape index (κ2) is 5.44. The van der Waals surface area contributed by atoms with Crippen molar-refractivity contribution in [1.82, 2.24) is 14.9 Å². The number of nitrogens with one attached hydrogen (secondary N) is 1. The van der Waals surface area contributed by atoms with Gasteiger partial charge in [-0.15, -0.1) is 0 Å². The molecule has 110 valence electrons. The summed E-state index contributed by atoms with van der Waals surface area (Å²) in [6.07, 6.45) is 8.26. The molecule has 6 heteroatoms. The van der Waals surface area contributed by atoms with E-state index in [-0.39, 0.29) is 5.91 Å². The summed E-state index contributed by atoms with van der Waals surface area (Å²) in [4.78, 5) is 13.0. The summed E-state index contributed by atoms with van der Waals surface area (Å²) in [7, 11) is 0. The van der Waals surface area contributed by atoms with Crippen LogP contribution in [0.2, 0.25) is 0 Å². The minimum absolute atomic E-state index is 0.161.